The molecule has 5 heteroatoms. The summed E-state index contributed by atoms with van der Waals surface area (Å²) in [6.07, 6.45) is 12.6. The summed E-state index contributed by atoms with van der Waals surface area (Å²) >= 11 is 0. The summed E-state index contributed by atoms with van der Waals surface area (Å²) in [5, 5.41) is 16.6. The van der Waals surface area contributed by atoms with Crippen molar-refractivity contribution in [3.05, 3.63) is 0 Å². The molecule has 0 unspecified atom stereocenters. The Labute approximate surface area is 105 Å². The van der Waals surface area contributed by atoms with E-state index >= 15 is 0 Å². The molecule has 0 heterocycles. The molecule has 0 aromatic carbocycles. The maximum atomic E-state index is 8.32. The van der Waals surface area contributed by atoms with Crippen molar-refractivity contribution in [2.24, 2.45) is 0 Å². The molecule has 2 N–H and O–H groups in total. The van der Waals surface area contributed by atoms with Gasteiger partial charge in [0.15, 0.2) is 0 Å². The predicted octanol–water partition coefficient (Wildman–Crippen LogP) is 2.83. The Morgan fingerprint density at radius 2 is 1.24 bits per heavy atom. The molecule has 0 saturated carbocycles. The predicted molar refractivity (Wildman–Crippen MR) is 69.1 cm³/mol. The van der Waals surface area contributed by atoms with Crippen molar-refractivity contribution >= 4 is 7.32 Å². The molecule has 0 aromatic heterocycles. The minimum Gasteiger partial charge on any atom is -0.400 e. The third kappa shape index (κ3) is 15.9. The van der Waals surface area contributed by atoms with Crippen molar-refractivity contribution in [2.75, 3.05) is 6.61 Å². The smallest absolute Gasteiger partial charge is 0.400 e. The van der Waals surface area contributed by atoms with E-state index in [9.17, 15) is 0 Å². The van der Waals surface area contributed by atoms with Crippen molar-refractivity contribution in [1.29, 1.82) is 0 Å². The van der Waals surface area contributed by atoms with Gasteiger partial charge in [0.1, 0.15) is 0 Å². The number of hydrogen-bond donors (Lipinski definition) is 2. The highest BCUT2D eigenvalue weighted by Gasteiger charge is 2.08. The first-order valence-electron chi connectivity index (χ1n) is 6.91. The summed E-state index contributed by atoms with van der Waals surface area (Å²) in [4.78, 5) is 8.70. The van der Waals surface area contributed by atoms with Crippen molar-refractivity contribution in [2.45, 2.75) is 71.1 Å². The van der Waals surface area contributed by atoms with Crippen LogP contribution in [0.15, 0.2) is 0 Å². The Morgan fingerprint density at radius 3 is 1.71 bits per heavy atom. The highest BCUT2D eigenvalue weighted by molar-refractivity contribution is 6.32. The van der Waals surface area contributed by atoms with Crippen LogP contribution in [0.2, 0.25) is 0 Å². The van der Waals surface area contributed by atoms with Gasteiger partial charge in [0.05, 0.1) is 6.61 Å². The van der Waals surface area contributed by atoms with Crippen LogP contribution in [0, 0.1) is 0 Å². The summed E-state index contributed by atoms with van der Waals surface area (Å²) in [6.45, 7) is 2.66. The molecule has 0 aromatic rings. The second kappa shape index (κ2) is 14.0. The summed E-state index contributed by atoms with van der Waals surface area (Å²) in [7, 11) is -1.82. The maximum absolute atomic E-state index is 8.32. The highest BCUT2D eigenvalue weighted by Crippen LogP contribution is 2.10. The molecular formula is C12H27BO4. The first kappa shape index (κ1) is 16.9. The van der Waals surface area contributed by atoms with E-state index in [2.05, 4.69) is 16.6 Å². The lowest BCUT2D eigenvalue weighted by Crippen LogP contribution is -2.17. The lowest BCUT2D eigenvalue weighted by Gasteiger charge is -2.03. The van der Waals surface area contributed by atoms with Gasteiger partial charge in [-0.1, -0.05) is 64.7 Å². The van der Waals surface area contributed by atoms with Crippen LogP contribution in [0.3, 0.4) is 0 Å². The molecule has 0 aliphatic heterocycles. The molecule has 0 amide bonds. The normalized spacial score (nSPS) is 10.8. The molecule has 0 aliphatic rings. The van der Waals surface area contributed by atoms with Gasteiger partial charge in [-0.2, -0.15) is 0 Å². The largest absolute Gasteiger partial charge is 0.662 e. The fourth-order valence-corrected chi connectivity index (χ4v) is 1.76. The van der Waals surface area contributed by atoms with Crippen molar-refractivity contribution in [1.82, 2.24) is 0 Å². The molecule has 0 spiro atoms. The Hall–Kier alpha value is -0.0951. The van der Waals surface area contributed by atoms with Gasteiger partial charge in [-0.3, -0.25) is 0 Å². The van der Waals surface area contributed by atoms with Crippen LogP contribution in [-0.4, -0.2) is 24.0 Å². The van der Waals surface area contributed by atoms with Crippen molar-refractivity contribution < 1.29 is 19.7 Å². The molecule has 0 saturated heterocycles. The van der Waals surface area contributed by atoms with Gasteiger partial charge < -0.3 is 10.0 Å². The van der Waals surface area contributed by atoms with Crippen LogP contribution in [0.4, 0.5) is 0 Å². The average Bonchev–Trinajstić information content (AvgIpc) is 2.30. The molecule has 0 bridgehead atoms. The quantitative estimate of drug-likeness (QED) is 0.227. The number of hydrogen-bond acceptors (Lipinski definition) is 4. The Morgan fingerprint density at radius 1 is 0.765 bits per heavy atom. The first-order chi connectivity index (χ1) is 8.27. The monoisotopic (exact) mass is 246 g/mol. The second-order valence-electron chi connectivity index (χ2n) is 4.43. The summed E-state index contributed by atoms with van der Waals surface area (Å²) in [5.74, 6) is 0. The van der Waals surface area contributed by atoms with Crippen molar-refractivity contribution in [3.8, 4) is 0 Å². The SMILES string of the molecule is CCCCCCCCCCCCOOB(O)O. The van der Waals surface area contributed by atoms with Gasteiger partial charge in [-0.15, -0.1) is 0 Å². The summed E-state index contributed by atoms with van der Waals surface area (Å²) in [5.41, 5.74) is 0. The molecule has 17 heavy (non-hydrogen) atoms. The molecule has 4 nitrogen and oxygen atoms in total. The van der Waals surface area contributed by atoms with Gasteiger partial charge in [0, 0.05) is 0 Å². The van der Waals surface area contributed by atoms with E-state index in [1.54, 1.807) is 0 Å². The fraction of sp³-hybridized carbons (Fsp3) is 1.00. The maximum Gasteiger partial charge on any atom is 0.662 e. The number of unbranched alkanes of at least 4 members (excludes halogenated alkanes) is 9. The molecule has 0 rings (SSSR count). The third-order valence-corrected chi connectivity index (χ3v) is 2.74. The van der Waals surface area contributed by atoms with Crippen LogP contribution >= 0.6 is 0 Å². The van der Waals surface area contributed by atoms with E-state index in [1.807, 2.05) is 0 Å². The zero-order valence-corrected chi connectivity index (χ0v) is 11.1. The van der Waals surface area contributed by atoms with E-state index in [-0.39, 0.29) is 0 Å². The second-order valence-corrected chi connectivity index (χ2v) is 4.43. The third-order valence-electron chi connectivity index (χ3n) is 2.74. The first-order valence-corrected chi connectivity index (χ1v) is 6.91. The zero-order chi connectivity index (χ0) is 12.8. The van der Waals surface area contributed by atoms with Gasteiger partial charge in [0.2, 0.25) is 0 Å². The van der Waals surface area contributed by atoms with Gasteiger partial charge in [-0.25, -0.2) is 9.69 Å². The molecule has 0 fully saturated rings. The van der Waals surface area contributed by atoms with E-state index in [4.69, 9.17) is 10.0 Å². The van der Waals surface area contributed by atoms with Crippen LogP contribution in [-0.2, 0) is 9.69 Å². The van der Waals surface area contributed by atoms with Crippen LogP contribution in [0.25, 0.3) is 0 Å². The lowest BCUT2D eigenvalue weighted by molar-refractivity contribution is -0.235. The minimum absolute atomic E-state index is 0.425. The van der Waals surface area contributed by atoms with Crippen molar-refractivity contribution in [3.63, 3.8) is 0 Å². The van der Waals surface area contributed by atoms with E-state index < -0.39 is 7.32 Å². The van der Waals surface area contributed by atoms with E-state index in [0.29, 0.717) is 6.61 Å². The Balaban J connectivity index is 2.89. The molecule has 0 aliphatic carbocycles. The molecular weight excluding hydrogens is 219 g/mol. The summed E-state index contributed by atoms with van der Waals surface area (Å²) in [6, 6.07) is 0. The van der Waals surface area contributed by atoms with E-state index in [0.717, 1.165) is 12.8 Å². The average molecular weight is 246 g/mol. The zero-order valence-electron chi connectivity index (χ0n) is 11.1. The van der Waals surface area contributed by atoms with Crippen LogP contribution < -0.4 is 0 Å². The van der Waals surface area contributed by atoms with Gasteiger partial charge in [-0.05, 0) is 6.42 Å². The molecule has 0 atom stereocenters. The highest BCUT2D eigenvalue weighted by atomic mass is 17.2. The Bertz CT molecular complexity index is 144. The van der Waals surface area contributed by atoms with Crippen LogP contribution in [0.1, 0.15) is 71.1 Å². The van der Waals surface area contributed by atoms with E-state index in [1.165, 1.54) is 51.4 Å². The van der Waals surface area contributed by atoms with Gasteiger partial charge in [0.25, 0.3) is 0 Å². The molecule has 102 valence electrons. The Kier molecular flexibility index (Phi) is 13.9. The lowest BCUT2D eigenvalue weighted by atomic mass is 10.1. The van der Waals surface area contributed by atoms with Crippen LogP contribution in [0.5, 0.6) is 0 Å². The topological polar surface area (TPSA) is 58.9 Å². The fourth-order valence-electron chi connectivity index (χ4n) is 1.76. The molecule has 0 radical (unpaired) electrons. The summed E-state index contributed by atoms with van der Waals surface area (Å²) < 4.78 is 0. The van der Waals surface area contributed by atoms with Gasteiger partial charge >= 0.3 is 7.32 Å². The number of rotatable bonds is 13. The standard InChI is InChI=1S/C12H27BO4/c1-2-3-4-5-6-7-8-9-10-11-12-16-17-13(14)15/h14-15H,2-12H2,1H3. The minimum atomic E-state index is -1.82.